The Labute approximate surface area is 144 Å². The summed E-state index contributed by atoms with van der Waals surface area (Å²) in [5.74, 6) is -0.576. The van der Waals surface area contributed by atoms with Crippen LogP contribution in [0.2, 0.25) is 0 Å². The second-order valence-electron chi connectivity index (χ2n) is 4.88. The molecule has 2 aromatic rings. The highest BCUT2D eigenvalue weighted by Gasteiger charge is 2.11. The molecule has 0 aliphatic carbocycles. The van der Waals surface area contributed by atoms with Crippen LogP contribution in [0.4, 0.5) is 11.4 Å². The van der Waals surface area contributed by atoms with Gasteiger partial charge in [-0.3, -0.25) is 4.79 Å². The lowest BCUT2D eigenvalue weighted by atomic mass is 10.2. The fourth-order valence-electron chi connectivity index (χ4n) is 1.79. The molecule has 2 rings (SSSR count). The molecule has 5 N–H and O–H groups in total. The maximum absolute atomic E-state index is 12.1. The molecule has 0 atom stereocenters. The lowest BCUT2D eigenvalue weighted by molar-refractivity contribution is -0.112. The zero-order chi connectivity index (χ0) is 18.4. The van der Waals surface area contributed by atoms with E-state index in [9.17, 15) is 18.3 Å². The number of amides is 1. The number of anilines is 2. The molecule has 0 spiro atoms. The van der Waals surface area contributed by atoms with Crippen LogP contribution in [0.3, 0.4) is 0 Å². The van der Waals surface area contributed by atoms with Crippen LogP contribution >= 0.6 is 0 Å². The average molecular weight is 358 g/mol. The highest BCUT2D eigenvalue weighted by Crippen LogP contribution is 2.15. The Hall–Kier alpha value is -3.35. The number of nitrogens with two attached hydrogens (primary N) is 1. The monoisotopic (exact) mass is 358 g/mol. The second kappa shape index (κ2) is 7.48. The first kappa shape index (κ1) is 18.0. The van der Waals surface area contributed by atoms with Crippen LogP contribution in [-0.4, -0.2) is 19.4 Å². The lowest BCUT2D eigenvalue weighted by Gasteiger charge is -2.06. The zero-order valence-corrected chi connectivity index (χ0v) is 13.6. The van der Waals surface area contributed by atoms with Gasteiger partial charge in [0.05, 0.1) is 4.90 Å². The van der Waals surface area contributed by atoms with E-state index in [1.165, 1.54) is 42.6 Å². The Balaban J connectivity index is 2.08. The van der Waals surface area contributed by atoms with Gasteiger partial charge >= 0.3 is 0 Å². The van der Waals surface area contributed by atoms with Gasteiger partial charge in [0.25, 0.3) is 5.91 Å². The minimum atomic E-state index is -3.82. The topological polar surface area (TPSA) is 145 Å². The van der Waals surface area contributed by atoms with E-state index in [0.717, 1.165) is 0 Å². The molecule has 1 amide bonds. The number of phenolic OH excluding ortho intramolecular Hbond substituents is 1. The first-order valence-corrected chi connectivity index (χ1v) is 8.44. The van der Waals surface area contributed by atoms with Gasteiger partial charge < -0.3 is 15.7 Å². The number of hydrogen-bond donors (Lipinski definition) is 4. The third kappa shape index (κ3) is 5.07. The van der Waals surface area contributed by atoms with Crippen LogP contribution in [0.15, 0.2) is 65.2 Å². The Bertz CT molecular complexity index is 943. The van der Waals surface area contributed by atoms with Crippen molar-refractivity contribution in [1.82, 2.24) is 0 Å². The number of carbonyl (C=O) groups excluding carboxylic acids is 1. The third-order valence-corrected chi connectivity index (χ3v) is 3.99. The number of rotatable bonds is 5. The summed E-state index contributed by atoms with van der Waals surface area (Å²) in [6.07, 6.45) is 1.22. The molecule has 25 heavy (non-hydrogen) atoms. The number of nitrogens with one attached hydrogen (secondary N) is 2. The van der Waals surface area contributed by atoms with E-state index in [1.54, 1.807) is 18.2 Å². The number of hydrogen-bond acceptors (Lipinski definition) is 6. The molecule has 0 bridgehead atoms. The SMILES string of the molecule is N#C/C(=C/Nc1ccc(O)cc1)C(=O)Nc1ccc(S(N)(=O)=O)cc1. The molecule has 0 unspecified atom stereocenters. The Morgan fingerprint density at radius 3 is 2.16 bits per heavy atom. The van der Waals surface area contributed by atoms with Gasteiger partial charge in [-0.25, -0.2) is 13.6 Å². The standard InChI is InChI=1S/C16H14N4O4S/c17-9-11(10-19-12-1-5-14(21)6-2-12)16(22)20-13-3-7-15(8-4-13)25(18,23)24/h1-8,10,19,21H,(H,20,22)(H2,18,23,24)/b11-10-. The summed E-state index contributed by atoms with van der Waals surface area (Å²) in [6, 6.07) is 13.0. The molecular weight excluding hydrogens is 344 g/mol. The first-order chi connectivity index (χ1) is 11.8. The van der Waals surface area contributed by atoms with Crippen LogP contribution in [0, 0.1) is 11.3 Å². The number of phenols is 1. The number of aromatic hydroxyl groups is 1. The number of nitrogens with zero attached hydrogens (tertiary/aromatic N) is 1. The van der Waals surface area contributed by atoms with Crippen molar-refractivity contribution in [2.75, 3.05) is 10.6 Å². The summed E-state index contributed by atoms with van der Waals surface area (Å²) in [6.45, 7) is 0. The molecule has 0 aliphatic heterocycles. The number of sulfonamides is 1. The fourth-order valence-corrected chi connectivity index (χ4v) is 2.30. The summed E-state index contributed by atoms with van der Waals surface area (Å²) in [5.41, 5.74) is 0.697. The molecule has 9 heteroatoms. The van der Waals surface area contributed by atoms with Crippen molar-refractivity contribution in [2.24, 2.45) is 5.14 Å². The summed E-state index contributed by atoms with van der Waals surface area (Å²) >= 11 is 0. The van der Waals surface area contributed by atoms with Crippen LogP contribution in [0.1, 0.15) is 0 Å². The van der Waals surface area contributed by atoms with Gasteiger partial charge in [0.1, 0.15) is 17.4 Å². The summed E-state index contributed by atoms with van der Waals surface area (Å²) in [5, 5.41) is 28.5. The minimum absolute atomic E-state index is 0.0875. The highest BCUT2D eigenvalue weighted by atomic mass is 32.2. The number of benzene rings is 2. The second-order valence-corrected chi connectivity index (χ2v) is 6.45. The molecule has 0 radical (unpaired) electrons. The van der Waals surface area contributed by atoms with Gasteiger partial charge in [0.2, 0.25) is 10.0 Å². The van der Waals surface area contributed by atoms with Gasteiger partial charge in [-0.05, 0) is 48.5 Å². The van der Waals surface area contributed by atoms with Crippen LogP contribution < -0.4 is 15.8 Å². The molecule has 0 aliphatic rings. The molecule has 0 fully saturated rings. The van der Waals surface area contributed by atoms with Gasteiger partial charge in [0, 0.05) is 17.6 Å². The van der Waals surface area contributed by atoms with Gasteiger partial charge in [-0.15, -0.1) is 0 Å². The van der Waals surface area contributed by atoms with Crippen molar-refractivity contribution in [3.8, 4) is 11.8 Å². The first-order valence-electron chi connectivity index (χ1n) is 6.89. The highest BCUT2D eigenvalue weighted by molar-refractivity contribution is 7.89. The predicted octanol–water partition coefficient (Wildman–Crippen LogP) is 1.50. The van der Waals surface area contributed by atoms with Gasteiger partial charge in [-0.1, -0.05) is 0 Å². The molecule has 0 saturated heterocycles. The maximum atomic E-state index is 12.1. The average Bonchev–Trinajstić information content (AvgIpc) is 2.56. The molecule has 2 aromatic carbocycles. The summed E-state index contributed by atoms with van der Waals surface area (Å²) < 4.78 is 22.4. The van der Waals surface area contributed by atoms with Crippen molar-refractivity contribution in [3.63, 3.8) is 0 Å². The Morgan fingerprint density at radius 2 is 1.64 bits per heavy atom. The summed E-state index contributed by atoms with van der Waals surface area (Å²) in [4.78, 5) is 12.0. The fraction of sp³-hybridized carbons (Fsp3) is 0. The van der Waals surface area contributed by atoms with Crippen molar-refractivity contribution in [2.45, 2.75) is 4.90 Å². The van der Waals surface area contributed by atoms with E-state index in [2.05, 4.69) is 10.6 Å². The molecule has 0 heterocycles. The number of carbonyl (C=O) groups is 1. The smallest absolute Gasteiger partial charge is 0.267 e. The van der Waals surface area contributed by atoms with E-state index in [4.69, 9.17) is 10.4 Å². The largest absolute Gasteiger partial charge is 0.508 e. The third-order valence-electron chi connectivity index (χ3n) is 3.06. The van der Waals surface area contributed by atoms with E-state index in [0.29, 0.717) is 11.4 Å². The van der Waals surface area contributed by atoms with Crippen molar-refractivity contribution < 1.29 is 18.3 Å². The minimum Gasteiger partial charge on any atom is -0.508 e. The van der Waals surface area contributed by atoms with Crippen LogP contribution in [0.25, 0.3) is 0 Å². The number of primary sulfonamides is 1. The molecular formula is C16H14N4O4S. The molecule has 0 saturated carbocycles. The molecule has 8 nitrogen and oxygen atoms in total. The van der Waals surface area contributed by atoms with E-state index in [-0.39, 0.29) is 16.2 Å². The Morgan fingerprint density at radius 1 is 1.08 bits per heavy atom. The lowest BCUT2D eigenvalue weighted by Crippen LogP contribution is -2.15. The summed E-state index contributed by atoms with van der Waals surface area (Å²) in [7, 11) is -3.82. The van der Waals surface area contributed by atoms with Gasteiger partial charge in [0.15, 0.2) is 0 Å². The van der Waals surface area contributed by atoms with Crippen molar-refractivity contribution in [3.05, 3.63) is 60.3 Å². The Kier molecular flexibility index (Phi) is 5.38. The van der Waals surface area contributed by atoms with Gasteiger partial charge in [-0.2, -0.15) is 5.26 Å². The normalized spacial score (nSPS) is 11.4. The number of nitriles is 1. The molecule has 128 valence electrons. The van der Waals surface area contributed by atoms with E-state index in [1.807, 2.05) is 0 Å². The van der Waals surface area contributed by atoms with E-state index >= 15 is 0 Å². The van der Waals surface area contributed by atoms with Crippen molar-refractivity contribution >= 4 is 27.3 Å². The van der Waals surface area contributed by atoms with E-state index < -0.39 is 15.9 Å². The molecule has 0 aromatic heterocycles. The zero-order valence-electron chi connectivity index (χ0n) is 12.8. The predicted molar refractivity (Wildman–Crippen MR) is 91.9 cm³/mol. The maximum Gasteiger partial charge on any atom is 0.267 e. The quantitative estimate of drug-likeness (QED) is 0.362. The van der Waals surface area contributed by atoms with Crippen LogP contribution in [0.5, 0.6) is 5.75 Å². The van der Waals surface area contributed by atoms with Crippen molar-refractivity contribution in [1.29, 1.82) is 5.26 Å². The van der Waals surface area contributed by atoms with Crippen LogP contribution in [-0.2, 0) is 14.8 Å².